The number of benzene rings is 2. The van der Waals surface area contributed by atoms with Crippen LogP contribution in [0.25, 0.3) is 10.9 Å². The second-order valence-electron chi connectivity index (χ2n) is 4.91. The minimum atomic E-state index is -0.310. The fourth-order valence-corrected chi connectivity index (χ4v) is 2.86. The van der Waals surface area contributed by atoms with Gasteiger partial charge in [-0.05, 0) is 36.9 Å². The fourth-order valence-electron chi connectivity index (χ4n) is 2.63. The zero-order chi connectivity index (χ0) is 15.0. The molecule has 0 spiro atoms. The third-order valence-corrected chi connectivity index (χ3v) is 3.96. The number of halogens is 2. The predicted molar refractivity (Wildman–Crippen MR) is 83.0 cm³/mol. The van der Waals surface area contributed by atoms with E-state index in [0.717, 1.165) is 16.6 Å². The lowest BCUT2D eigenvalue weighted by Crippen LogP contribution is -2.19. The second kappa shape index (κ2) is 5.47. The number of rotatable bonds is 3. The van der Waals surface area contributed by atoms with Gasteiger partial charge in [-0.2, -0.15) is 5.10 Å². The molecule has 0 saturated carbocycles. The van der Waals surface area contributed by atoms with Gasteiger partial charge in [-0.15, -0.1) is 0 Å². The van der Waals surface area contributed by atoms with Crippen LogP contribution >= 0.6 is 11.6 Å². The smallest absolute Gasteiger partial charge is 0.123 e. The summed E-state index contributed by atoms with van der Waals surface area (Å²) in [6.07, 6.45) is 0. The molecule has 1 N–H and O–H groups in total. The molecule has 5 heteroatoms. The van der Waals surface area contributed by atoms with Crippen LogP contribution in [0.2, 0.25) is 5.02 Å². The molecule has 0 bridgehead atoms. The van der Waals surface area contributed by atoms with Crippen LogP contribution in [0.15, 0.2) is 42.5 Å². The van der Waals surface area contributed by atoms with Gasteiger partial charge in [0.25, 0.3) is 0 Å². The van der Waals surface area contributed by atoms with Crippen molar-refractivity contribution < 1.29 is 4.39 Å². The first-order valence-corrected chi connectivity index (χ1v) is 7.03. The van der Waals surface area contributed by atoms with Crippen molar-refractivity contribution in [3.05, 3.63) is 64.6 Å². The van der Waals surface area contributed by atoms with Crippen LogP contribution in [0.4, 0.5) is 4.39 Å². The van der Waals surface area contributed by atoms with E-state index in [9.17, 15) is 4.39 Å². The molecule has 0 saturated heterocycles. The van der Waals surface area contributed by atoms with Crippen molar-refractivity contribution in [2.45, 2.75) is 6.04 Å². The normalized spacial score (nSPS) is 12.8. The molecule has 0 aliphatic rings. The van der Waals surface area contributed by atoms with Crippen molar-refractivity contribution >= 4 is 22.5 Å². The summed E-state index contributed by atoms with van der Waals surface area (Å²) >= 11 is 6.24. The SMILES string of the molecule is CNC(c1cc(F)ccc1Cl)c1nn(C)c2ccccc12. The van der Waals surface area contributed by atoms with E-state index in [0.29, 0.717) is 10.6 Å². The van der Waals surface area contributed by atoms with Gasteiger partial charge in [0.1, 0.15) is 5.82 Å². The molecule has 0 aliphatic carbocycles. The summed E-state index contributed by atoms with van der Waals surface area (Å²) in [5.74, 6) is -0.310. The van der Waals surface area contributed by atoms with Crippen molar-refractivity contribution in [3.63, 3.8) is 0 Å². The topological polar surface area (TPSA) is 29.9 Å². The van der Waals surface area contributed by atoms with Crippen molar-refractivity contribution in [1.29, 1.82) is 0 Å². The van der Waals surface area contributed by atoms with Crippen LogP contribution in [0, 0.1) is 5.82 Å². The van der Waals surface area contributed by atoms with Crippen molar-refractivity contribution in [1.82, 2.24) is 15.1 Å². The lowest BCUT2D eigenvalue weighted by Gasteiger charge is -2.16. The number of fused-ring (bicyclic) bond motifs is 1. The van der Waals surface area contributed by atoms with Gasteiger partial charge in [0.2, 0.25) is 0 Å². The Bertz CT molecular complexity index is 797. The lowest BCUT2D eigenvalue weighted by molar-refractivity contribution is 0.610. The Labute approximate surface area is 127 Å². The van der Waals surface area contributed by atoms with Gasteiger partial charge in [-0.25, -0.2) is 4.39 Å². The monoisotopic (exact) mass is 303 g/mol. The maximum absolute atomic E-state index is 13.6. The summed E-state index contributed by atoms with van der Waals surface area (Å²) in [4.78, 5) is 0. The average molecular weight is 304 g/mol. The largest absolute Gasteiger partial charge is 0.308 e. The molecule has 21 heavy (non-hydrogen) atoms. The Morgan fingerprint density at radius 3 is 2.76 bits per heavy atom. The Kier molecular flexibility index (Phi) is 3.66. The minimum absolute atomic E-state index is 0.265. The van der Waals surface area contributed by atoms with Gasteiger partial charge in [-0.3, -0.25) is 4.68 Å². The van der Waals surface area contributed by atoms with E-state index >= 15 is 0 Å². The molecule has 108 valence electrons. The van der Waals surface area contributed by atoms with E-state index in [-0.39, 0.29) is 11.9 Å². The van der Waals surface area contributed by atoms with Crippen LogP contribution < -0.4 is 5.32 Å². The molecule has 1 heterocycles. The van der Waals surface area contributed by atoms with Crippen LogP contribution in [0.1, 0.15) is 17.3 Å². The molecular formula is C16H15ClFN3. The lowest BCUT2D eigenvalue weighted by atomic mass is 10.0. The maximum Gasteiger partial charge on any atom is 0.123 e. The number of para-hydroxylation sites is 1. The molecule has 0 amide bonds. The fraction of sp³-hybridized carbons (Fsp3) is 0.188. The summed E-state index contributed by atoms with van der Waals surface area (Å²) in [6, 6.07) is 12.1. The Hall–Kier alpha value is -1.91. The highest BCUT2D eigenvalue weighted by Crippen LogP contribution is 2.32. The molecule has 0 radical (unpaired) electrons. The molecule has 1 atom stereocenters. The zero-order valence-electron chi connectivity index (χ0n) is 11.8. The van der Waals surface area contributed by atoms with E-state index in [1.165, 1.54) is 12.1 Å². The first-order valence-electron chi connectivity index (χ1n) is 6.65. The molecular weight excluding hydrogens is 289 g/mol. The molecule has 3 rings (SSSR count). The molecule has 0 fully saturated rings. The maximum atomic E-state index is 13.6. The number of aryl methyl sites for hydroxylation is 1. The third-order valence-electron chi connectivity index (χ3n) is 3.62. The highest BCUT2D eigenvalue weighted by molar-refractivity contribution is 6.31. The van der Waals surface area contributed by atoms with Crippen LogP contribution in [0.5, 0.6) is 0 Å². The Balaban J connectivity index is 2.21. The summed E-state index contributed by atoms with van der Waals surface area (Å²) in [7, 11) is 3.71. The molecule has 2 aromatic carbocycles. The first kappa shape index (κ1) is 14.0. The summed E-state index contributed by atoms with van der Waals surface area (Å²) in [5.41, 5.74) is 2.55. The number of aromatic nitrogens is 2. The van der Waals surface area contributed by atoms with Crippen LogP contribution in [-0.2, 0) is 7.05 Å². The van der Waals surface area contributed by atoms with Crippen LogP contribution in [0.3, 0.4) is 0 Å². The van der Waals surface area contributed by atoms with Gasteiger partial charge in [-0.1, -0.05) is 29.8 Å². The Morgan fingerprint density at radius 1 is 1.24 bits per heavy atom. The zero-order valence-corrected chi connectivity index (χ0v) is 12.5. The van der Waals surface area contributed by atoms with E-state index in [2.05, 4.69) is 10.4 Å². The van der Waals surface area contributed by atoms with Crippen molar-refractivity contribution in [2.24, 2.45) is 7.05 Å². The summed E-state index contributed by atoms with van der Waals surface area (Å²) < 4.78 is 15.4. The third kappa shape index (κ3) is 2.41. The van der Waals surface area contributed by atoms with Gasteiger partial charge >= 0.3 is 0 Å². The second-order valence-corrected chi connectivity index (χ2v) is 5.32. The molecule has 1 aromatic heterocycles. The number of nitrogens with zero attached hydrogens (tertiary/aromatic N) is 2. The number of nitrogens with one attached hydrogen (secondary N) is 1. The molecule has 3 aromatic rings. The summed E-state index contributed by atoms with van der Waals surface area (Å²) in [6.45, 7) is 0. The standard InChI is InChI=1S/C16H15ClFN3/c1-19-15(12-9-10(18)7-8-13(12)17)16-11-5-3-4-6-14(11)21(2)20-16/h3-9,15,19H,1-2H3. The number of hydrogen-bond donors (Lipinski definition) is 1. The number of hydrogen-bond acceptors (Lipinski definition) is 2. The Morgan fingerprint density at radius 2 is 2.00 bits per heavy atom. The molecule has 3 nitrogen and oxygen atoms in total. The predicted octanol–water partition coefficient (Wildman–Crippen LogP) is 3.67. The quantitative estimate of drug-likeness (QED) is 0.800. The van der Waals surface area contributed by atoms with Gasteiger partial charge < -0.3 is 5.32 Å². The summed E-state index contributed by atoms with van der Waals surface area (Å²) in [5, 5.41) is 9.31. The molecule has 1 unspecified atom stereocenters. The van der Waals surface area contributed by atoms with E-state index < -0.39 is 0 Å². The highest BCUT2D eigenvalue weighted by atomic mass is 35.5. The minimum Gasteiger partial charge on any atom is -0.308 e. The average Bonchev–Trinajstić information content (AvgIpc) is 2.81. The molecule has 0 aliphatic heterocycles. The highest BCUT2D eigenvalue weighted by Gasteiger charge is 2.21. The first-order chi connectivity index (χ1) is 10.1. The van der Waals surface area contributed by atoms with Gasteiger partial charge in [0.15, 0.2) is 0 Å². The van der Waals surface area contributed by atoms with E-state index in [1.54, 1.807) is 6.07 Å². The van der Waals surface area contributed by atoms with Gasteiger partial charge in [0, 0.05) is 17.5 Å². The van der Waals surface area contributed by atoms with E-state index in [4.69, 9.17) is 11.6 Å². The van der Waals surface area contributed by atoms with E-state index in [1.807, 2.05) is 43.0 Å². The van der Waals surface area contributed by atoms with Crippen LogP contribution in [-0.4, -0.2) is 16.8 Å². The van der Waals surface area contributed by atoms with Crippen molar-refractivity contribution in [3.8, 4) is 0 Å². The van der Waals surface area contributed by atoms with Gasteiger partial charge in [0.05, 0.1) is 17.3 Å². The van der Waals surface area contributed by atoms with Crippen molar-refractivity contribution in [2.75, 3.05) is 7.05 Å².